The number of rotatable bonds is 1. The first kappa shape index (κ1) is 12.1. The van der Waals surface area contributed by atoms with Crippen LogP contribution in [-0.4, -0.2) is 9.97 Å². The summed E-state index contributed by atoms with van der Waals surface area (Å²) in [5.74, 6) is -1.37. The van der Waals surface area contributed by atoms with E-state index < -0.39 is 23.1 Å². The molecular weight excluding hydrogens is 250 g/mol. The van der Waals surface area contributed by atoms with Gasteiger partial charge < -0.3 is 4.98 Å². The normalized spacial score (nSPS) is 11.3. The molecule has 92 valence electrons. The summed E-state index contributed by atoms with van der Waals surface area (Å²) in [5, 5.41) is 8.56. The zero-order valence-electron chi connectivity index (χ0n) is 8.72. The van der Waals surface area contributed by atoms with Gasteiger partial charge in [0.2, 0.25) is 0 Å². The van der Waals surface area contributed by atoms with E-state index in [0.29, 0.717) is 0 Å². The molecule has 0 radical (unpaired) electrons. The molecule has 0 aliphatic heterocycles. The fourth-order valence-corrected chi connectivity index (χ4v) is 1.51. The molecule has 3 nitrogen and oxygen atoms in total. The number of hydrogen-bond acceptors (Lipinski definition) is 2. The first-order valence-electron chi connectivity index (χ1n) is 4.74. The molecule has 0 amide bonds. The molecular formula is C11H5F4N3. The first-order valence-corrected chi connectivity index (χ1v) is 4.74. The largest absolute Gasteiger partial charge is 0.417 e. The van der Waals surface area contributed by atoms with E-state index in [-0.39, 0.29) is 11.5 Å². The van der Waals surface area contributed by atoms with Crippen molar-refractivity contribution in [1.29, 1.82) is 5.26 Å². The molecule has 1 heterocycles. The van der Waals surface area contributed by atoms with Crippen molar-refractivity contribution in [1.82, 2.24) is 9.97 Å². The monoisotopic (exact) mass is 255 g/mol. The van der Waals surface area contributed by atoms with E-state index in [4.69, 9.17) is 5.26 Å². The van der Waals surface area contributed by atoms with Crippen LogP contribution in [0.1, 0.15) is 11.3 Å². The van der Waals surface area contributed by atoms with Crippen molar-refractivity contribution in [2.45, 2.75) is 6.18 Å². The Morgan fingerprint density at radius 1 is 1.28 bits per heavy atom. The van der Waals surface area contributed by atoms with Crippen molar-refractivity contribution < 1.29 is 17.6 Å². The third-order valence-electron chi connectivity index (χ3n) is 2.25. The number of nitriles is 1. The third kappa shape index (κ3) is 2.05. The van der Waals surface area contributed by atoms with E-state index in [1.807, 2.05) is 0 Å². The SMILES string of the molecule is N#Cc1cnc(-c2c(F)cccc2C(F)(F)F)[nH]1. The molecule has 0 fully saturated rings. The summed E-state index contributed by atoms with van der Waals surface area (Å²) in [5.41, 5.74) is -1.87. The van der Waals surface area contributed by atoms with Gasteiger partial charge in [-0.05, 0) is 12.1 Å². The highest BCUT2D eigenvalue weighted by Gasteiger charge is 2.35. The summed E-state index contributed by atoms with van der Waals surface area (Å²) in [7, 11) is 0. The number of imidazole rings is 1. The third-order valence-corrected chi connectivity index (χ3v) is 2.25. The van der Waals surface area contributed by atoms with Crippen LogP contribution in [0.2, 0.25) is 0 Å². The number of alkyl halides is 3. The van der Waals surface area contributed by atoms with Crippen LogP contribution < -0.4 is 0 Å². The second-order valence-electron chi connectivity index (χ2n) is 3.42. The average Bonchev–Trinajstić information content (AvgIpc) is 2.75. The smallest absolute Gasteiger partial charge is 0.330 e. The zero-order chi connectivity index (χ0) is 13.3. The van der Waals surface area contributed by atoms with E-state index in [9.17, 15) is 17.6 Å². The lowest BCUT2D eigenvalue weighted by Gasteiger charge is -2.11. The Hall–Kier alpha value is -2.36. The molecule has 1 aromatic carbocycles. The summed E-state index contributed by atoms with van der Waals surface area (Å²) in [6.07, 6.45) is -3.65. The zero-order valence-corrected chi connectivity index (χ0v) is 8.72. The molecule has 1 N–H and O–H groups in total. The van der Waals surface area contributed by atoms with Crippen molar-refractivity contribution in [3.63, 3.8) is 0 Å². The minimum absolute atomic E-state index is 0.0404. The molecule has 0 bridgehead atoms. The lowest BCUT2D eigenvalue weighted by atomic mass is 10.1. The van der Waals surface area contributed by atoms with Crippen LogP contribution in [0.15, 0.2) is 24.4 Å². The van der Waals surface area contributed by atoms with Gasteiger partial charge in [-0.25, -0.2) is 9.37 Å². The van der Waals surface area contributed by atoms with Crippen LogP contribution in [0.5, 0.6) is 0 Å². The predicted octanol–water partition coefficient (Wildman–Crippen LogP) is 3.11. The quantitative estimate of drug-likeness (QED) is 0.796. The molecule has 0 saturated heterocycles. The fraction of sp³-hybridized carbons (Fsp3) is 0.0909. The van der Waals surface area contributed by atoms with Crippen molar-refractivity contribution in [2.24, 2.45) is 0 Å². The predicted molar refractivity (Wildman–Crippen MR) is 53.7 cm³/mol. The van der Waals surface area contributed by atoms with Gasteiger partial charge in [0.1, 0.15) is 23.4 Å². The molecule has 0 aliphatic rings. The van der Waals surface area contributed by atoms with Gasteiger partial charge in [-0.2, -0.15) is 18.4 Å². The second-order valence-corrected chi connectivity index (χ2v) is 3.42. The van der Waals surface area contributed by atoms with Gasteiger partial charge >= 0.3 is 6.18 Å². The minimum Gasteiger partial charge on any atom is -0.330 e. The van der Waals surface area contributed by atoms with Gasteiger partial charge in [0.05, 0.1) is 17.3 Å². The number of aromatic amines is 1. The maximum atomic E-state index is 13.5. The van der Waals surface area contributed by atoms with Gasteiger partial charge in [0.15, 0.2) is 0 Å². The molecule has 7 heteroatoms. The highest BCUT2D eigenvalue weighted by Crippen LogP contribution is 2.37. The lowest BCUT2D eigenvalue weighted by molar-refractivity contribution is -0.137. The van der Waals surface area contributed by atoms with Gasteiger partial charge in [0.25, 0.3) is 0 Å². The summed E-state index contributed by atoms with van der Waals surface area (Å²) < 4.78 is 51.7. The number of benzene rings is 1. The number of aromatic nitrogens is 2. The Bertz CT molecular complexity index is 622. The van der Waals surface area contributed by atoms with Crippen LogP contribution in [-0.2, 0) is 6.18 Å². The van der Waals surface area contributed by atoms with E-state index >= 15 is 0 Å². The van der Waals surface area contributed by atoms with E-state index in [2.05, 4.69) is 9.97 Å². The van der Waals surface area contributed by atoms with E-state index in [1.54, 1.807) is 6.07 Å². The Kier molecular flexibility index (Phi) is 2.79. The molecule has 0 spiro atoms. The van der Waals surface area contributed by atoms with Crippen LogP contribution in [0, 0.1) is 17.1 Å². The Morgan fingerprint density at radius 3 is 2.56 bits per heavy atom. The molecule has 0 unspecified atom stereocenters. The molecule has 2 aromatic rings. The van der Waals surface area contributed by atoms with Crippen LogP contribution >= 0.6 is 0 Å². The molecule has 0 saturated carbocycles. The summed E-state index contributed by atoms with van der Waals surface area (Å²) in [6.45, 7) is 0. The standard InChI is InChI=1S/C11H5F4N3/c12-8-3-1-2-7(11(13,14)15)9(8)10-17-5-6(4-16)18-10/h1-3,5H,(H,17,18). The van der Waals surface area contributed by atoms with Gasteiger partial charge in [-0.15, -0.1) is 0 Å². The lowest BCUT2D eigenvalue weighted by Crippen LogP contribution is -2.09. The second kappa shape index (κ2) is 4.14. The number of H-pyrrole nitrogens is 1. The van der Waals surface area contributed by atoms with Crippen molar-refractivity contribution in [3.8, 4) is 17.5 Å². The number of nitrogens with zero attached hydrogens (tertiary/aromatic N) is 2. The minimum atomic E-state index is -4.70. The topological polar surface area (TPSA) is 52.5 Å². The number of hydrogen-bond donors (Lipinski definition) is 1. The highest BCUT2D eigenvalue weighted by atomic mass is 19.4. The first-order chi connectivity index (χ1) is 8.43. The fourth-order valence-electron chi connectivity index (χ4n) is 1.51. The van der Waals surface area contributed by atoms with E-state index in [1.165, 1.54) is 0 Å². The van der Waals surface area contributed by atoms with Crippen molar-refractivity contribution in [3.05, 3.63) is 41.5 Å². The maximum absolute atomic E-state index is 13.5. The van der Waals surface area contributed by atoms with Crippen LogP contribution in [0.25, 0.3) is 11.4 Å². The van der Waals surface area contributed by atoms with Crippen LogP contribution in [0.4, 0.5) is 17.6 Å². The summed E-state index contributed by atoms with van der Waals surface area (Å²) in [4.78, 5) is 5.89. The molecule has 18 heavy (non-hydrogen) atoms. The van der Waals surface area contributed by atoms with Crippen molar-refractivity contribution in [2.75, 3.05) is 0 Å². The van der Waals surface area contributed by atoms with Gasteiger partial charge in [-0.3, -0.25) is 0 Å². The Morgan fingerprint density at radius 2 is 2.00 bits per heavy atom. The summed E-state index contributed by atoms with van der Waals surface area (Å²) in [6, 6.07) is 4.30. The van der Waals surface area contributed by atoms with E-state index in [0.717, 1.165) is 24.4 Å². The van der Waals surface area contributed by atoms with Crippen LogP contribution in [0.3, 0.4) is 0 Å². The molecule has 2 rings (SSSR count). The Balaban J connectivity index is 2.67. The molecule has 1 aromatic heterocycles. The highest BCUT2D eigenvalue weighted by molar-refractivity contribution is 5.62. The molecule has 0 aliphatic carbocycles. The average molecular weight is 255 g/mol. The van der Waals surface area contributed by atoms with Gasteiger partial charge in [-0.1, -0.05) is 6.07 Å². The maximum Gasteiger partial charge on any atom is 0.417 e. The van der Waals surface area contributed by atoms with Gasteiger partial charge in [0, 0.05) is 0 Å². The number of nitrogens with one attached hydrogen (secondary N) is 1. The number of halogens is 4. The Labute approximate surface area is 98.7 Å². The molecule has 0 atom stereocenters. The summed E-state index contributed by atoms with van der Waals surface area (Å²) >= 11 is 0. The van der Waals surface area contributed by atoms with Crippen molar-refractivity contribution >= 4 is 0 Å².